The Morgan fingerprint density at radius 1 is 1.09 bits per heavy atom. The van der Waals surface area contributed by atoms with E-state index in [1.807, 2.05) is 18.2 Å². The Morgan fingerprint density at radius 3 is 2.82 bits per heavy atom. The minimum Gasteiger partial charge on any atom is -0.488 e. The zero-order chi connectivity index (χ0) is 15.3. The van der Waals surface area contributed by atoms with Crippen molar-refractivity contribution in [2.75, 3.05) is 6.61 Å². The number of pyridine rings is 1. The van der Waals surface area contributed by atoms with E-state index in [4.69, 9.17) is 16.3 Å². The van der Waals surface area contributed by atoms with Crippen molar-refractivity contribution >= 4 is 27.9 Å². The van der Waals surface area contributed by atoms with E-state index in [0.717, 1.165) is 27.5 Å². The van der Waals surface area contributed by atoms with Crippen LogP contribution in [0.25, 0.3) is 27.5 Å². The number of aromatic nitrogens is 1. The smallest absolute Gasteiger partial charge is 0.136 e. The molecule has 0 N–H and O–H groups in total. The van der Waals surface area contributed by atoms with E-state index in [9.17, 15) is 4.39 Å². The molecule has 22 heavy (non-hydrogen) atoms. The molecule has 0 saturated heterocycles. The number of nitrogens with zero attached hydrogens (tertiary/aromatic N) is 1. The van der Waals surface area contributed by atoms with Crippen LogP contribution in [-0.2, 0) is 0 Å². The number of benzene rings is 2. The maximum Gasteiger partial charge on any atom is 0.136 e. The number of hydrogen-bond donors (Lipinski definition) is 0. The van der Waals surface area contributed by atoms with E-state index in [1.165, 1.54) is 6.07 Å². The van der Waals surface area contributed by atoms with Gasteiger partial charge in [-0.2, -0.15) is 0 Å². The Hall–Kier alpha value is -2.39. The molecule has 1 aliphatic heterocycles. The van der Waals surface area contributed by atoms with Crippen LogP contribution in [-0.4, -0.2) is 11.6 Å². The summed E-state index contributed by atoms with van der Waals surface area (Å²) >= 11 is 6.17. The summed E-state index contributed by atoms with van der Waals surface area (Å²) in [5, 5.41) is 2.15. The van der Waals surface area contributed by atoms with Gasteiger partial charge in [-0.3, -0.25) is 0 Å². The molecule has 1 aliphatic rings. The summed E-state index contributed by atoms with van der Waals surface area (Å²) in [6, 6.07) is 10.4. The molecule has 1 aromatic heterocycles. The predicted molar refractivity (Wildman–Crippen MR) is 86.7 cm³/mol. The quantitative estimate of drug-likeness (QED) is 0.539. The molecule has 0 radical (unpaired) electrons. The number of halogens is 2. The fourth-order valence-electron chi connectivity index (χ4n) is 2.93. The Labute approximate surface area is 131 Å². The largest absolute Gasteiger partial charge is 0.488 e. The molecule has 108 valence electrons. The topological polar surface area (TPSA) is 22.1 Å². The first kappa shape index (κ1) is 13.3. The van der Waals surface area contributed by atoms with E-state index < -0.39 is 0 Å². The second kappa shape index (κ2) is 4.82. The summed E-state index contributed by atoms with van der Waals surface area (Å²) < 4.78 is 20.1. The molecule has 2 aromatic carbocycles. The molecular weight excluding hydrogens is 301 g/mol. The number of hydrogen-bond acceptors (Lipinski definition) is 2. The van der Waals surface area contributed by atoms with Crippen LogP contribution in [0.4, 0.5) is 4.39 Å². The highest BCUT2D eigenvalue weighted by Gasteiger charge is 2.23. The van der Waals surface area contributed by atoms with Gasteiger partial charge < -0.3 is 4.74 Å². The first-order valence-corrected chi connectivity index (χ1v) is 7.21. The highest BCUT2D eigenvalue weighted by Crippen LogP contribution is 2.43. The van der Waals surface area contributed by atoms with Gasteiger partial charge in [0.25, 0.3) is 0 Å². The van der Waals surface area contributed by atoms with Gasteiger partial charge in [-0.15, -0.1) is 0 Å². The van der Waals surface area contributed by atoms with Crippen LogP contribution in [0.5, 0.6) is 5.75 Å². The van der Waals surface area contributed by atoms with E-state index in [2.05, 4.69) is 11.6 Å². The third kappa shape index (κ3) is 1.82. The SMILES string of the molecule is C=C1COc2cccc(F)c2-c2ccc3c(Cl)nccc3c21. The zero-order valence-electron chi connectivity index (χ0n) is 11.6. The minimum absolute atomic E-state index is 0.308. The van der Waals surface area contributed by atoms with Crippen molar-refractivity contribution in [2.24, 2.45) is 0 Å². The van der Waals surface area contributed by atoms with Crippen molar-refractivity contribution in [1.29, 1.82) is 0 Å². The molecule has 4 rings (SSSR count). The highest BCUT2D eigenvalue weighted by atomic mass is 35.5. The summed E-state index contributed by atoms with van der Waals surface area (Å²) in [5.41, 5.74) is 2.89. The maximum atomic E-state index is 14.4. The first-order valence-electron chi connectivity index (χ1n) is 6.84. The second-order valence-corrected chi connectivity index (χ2v) is 5.55. The molecular formula is C18H11ClFNO. The molecule has 0 saturated carbocycles. The molecule has 0 fully saturated rings. The summed E-state index contributed by atoms with van der Waals surface area (Å²) in [5.74, 6) is 0.215. The predicted octanol–water partition coefficient (Wildman–Crippen LogP) is 5.10. The van der Waals surface area contributed by atoms with Gasteiger partial charge in [0, 0.05) is 11.6 Å². The Balaban J connectivity index is 2.17. The Bertz CT molecular complexity index is 936. The number of ether oxygens (including phenoxy) is 1. The lowest BCUT2D eigenvalue weighted by Crippen LogP contribution is -1.97. The summed E-state index contributed by atoms with van der Waals surface area (Å²) in [4.78, 5) is 4.10. The van der Waals surface area contributed by atoms with Crippen molar-refractivity contribution in [3.8, 4) is 16.9 Å². The molecule has 0 atom stereocenters. The molecule has 0 aliphatic carbocycles. The van der Waals surface area contributed by atoms with Crippen molar-refractivity contribution in [3.63, 3.8) is 0 Å². The van der Waals surface area contributed by atoms with Gasteiger partial charge in [0.1, 0.15) is 23.3 Å². The molecule has 3 aromatic rings. The standard InChI is InChI=1S/C18H11ClFNO/c1-10-9-22-15-4-2-3-14(20)17(15)13-6-5-12-11(16(10)13)7-8-21-18(12)19/h2-8H,1,9H2. The van der Waals surface area contributed by atoms with Gasteiger partial charge in [0.2, 0.25) is 0 Å². The van der Waals surface area contributed by atoms with Gasteiger partial charge in [-0.1, -0.05) is 36.4 Å². The average molecular weight is 312 g/mol. The van der Waals surface area contributed by atoms with Crippen LogP contribution in [0.1, 0.15) is 5.56 Å². The monoisotopic (exact) mass is 311 g/mol. The van der Waals surface area contributed by atoms with Gasteiger partial charge in [-0.25, -0.2) is 9.37 Å². The van der Waals surface area contributed by atoms with Crippen LogP contribution in [0.15, 0.2) is 49.2 Å². The van der Waals surface area contributed by atoms with E-state index in [0.29, 0.717) is 23.1 Å². The van der Waals surface area contributed by atoms with E-state index in [-0.39, 0.29) is 5.82 Å². The third-order valence-electron chi connectivity index (χ3n) is 3.90. The Kier molecular flexibility index (Phi) is 2.91. The second-order valence-electron chi connectivity index (χ2n) is 5.19. The zero-order valence-corrected chi connectivity index (χ0v) is 12.3. The van der Waals surface area contributed by atoms with E-state index in [1.54, 1.807) is 18.3 Å². The highest BCUT2D eigenvalue weighted by molar-refractivity contribution is 6.34. The van der Waals surface area contributed by atoms with Gasteiger partial charge in [0.15, 0.2) is 0 Å². The summed E-state index contributed by atoms with van der Waals surface area (Å²) in [6.07, 6.45) is 1.65. The minimum atomic E-state index is -0.312. The van der Waals surface area contributed by atoms with Gasteiger partial charge >= 0.3 is 0 Å². The fraction of sp³-hybridized carbons (Fsp3) is 0.0556. The van der Waals surface area contributed by atoms with Crippen molar-refractivity contribution in [3.05, 3.63) is 65.7 Å². The molecule has 0 unspecified atom stereocenters. The average Bonchev–Trinajstić information content (AvgIpc) is 2.66. The molecule has 4 heteroatoms. The molecule has 2 heterocycles. The lowest BCUT2D eigenvalue weighted by molar-refractivity contribution is 0.371. The molecule has 2 nitrogen and oxygen atoms in total. The van der Waals surface area contributed by atoms with Gasteiger partial charge in [-0.05, 0) is 40.3 Å². The number of fused-ring (bicyclic) bond motifs is 5. The van der Waals surface area contributed by atoms with Crippen LogP contribution in [0.2, 0.25) is 5.15 Å². The normalized spacial score (nSPS) is 13.3. The van der Waals surface area contributed by atoms with Crippen LogP contribution < -0.4 is 4.74 Å². The van der Waals surface area contributed by atoms with Crippen molar-refractivity contribution < 1.29 is 9.13 Å². The molecule has 0 bridgehead atoms. The van der Waals surface area contributed by atoms with Gasteiger partial charge in [0.05, 0.1) is 5.56 Å². The van der Waals surface area contributed by atoms with Crippen molar-refractivity contribution in [1.82, 2.24) is 4.98 Å². The van der Waals surface area contributed by atoms with Crippen LogP contribution in [0.3, 0.4) is 0 Å². The fourth-order valence-corrected chi connectivity index (χ4v) is 3.15. The number of rotatable bonds is 0. The summed E-state index contributed by atoms with van der Waals surface area (Å²) in [6.45, 7) is 4.41. The van der Waals surface area contributed by atoms with Crippen LogP contribution >= 0.6 is 11.6 Å². The summed E-state index contributed by atoms with van der Waals surface area (Å²) in [7, 11) is 0. The molecule has 0 amide bonds. The lowest BCUT2D eigenvalue weighted by Gasteiger charge is -2.12. The van der Waals surface area contributed by atoms with Crippen LogP contribution in [0, 0.1) is 5.82 Å². The molecule has 0 spiro atoms. The Morgan fingerprint density at radius 2 is 1.95 bits per heavy atom. The lowest BCUT2D eigenvalue weighted by atomic mass is 9.91. The maximum absolute atomic E-state index is 14.4. The van der Waals surface area contributed by atoms with Crippen molar-refractivity contribution in [2.45, 2.75) is 0 Å². The first-order chi connectivity index (χ1) is 10.7. The third-order valence-corrected chi connectivity index (χ3v) is 4.20. The van der Waals surface area contributed by atoms with E-state index >= 15 is 0 Å².